The van der Waals surface area contributed by atoms with Crippen molar-refractivity contribution in [2.75, 3.05) is 20.8 Å². The first-order chi connectivity index (χ1) is 11.5. The summed E-state index contributed by atoms with van der Waals surface area (Å²) in [4.78, 5) is 13.1. The summed E-state index contributed by atoms with van der Waals surface area (Å²) in [6.45, 7) is 2.84. The van der Waals surface area contributed by atoms with Crippen molar-refractivity contribution >= 4 is 5.78 Å². The fourth-order valence-corrected chi connectivity index (χ4v) is 6.22. The van der Waals surface area contributed by atoms with Crippen molar-refractivity contribution in [3.05, 3.63) is 23.3 Å². The van der Waals surface area contributed by atoms with Gasteiger partial charge >= 0.3 is 0 Å². The van der Waals surface area contributed by atoms with E-state index in [0.717, 1.165) is 37.1 Å². The van der Waals surface area contributed by atoms with E-state index >= 15 is 0 Å². The summed E-state index contributed by atoms with van der Waals surface area (Å²) < 4.78 is 18.3. The summed E-state index contributed by atoms with van der Waals surface area (Å²) in [6, 6.07) is 4.30. The van der Waals surface area contributed by atoms with Gasteiger partial charge in [-0.25, -0.2) is 0 Å². The van der Waals surface area contributed by atoms with Gasteiger partial charge in [0.05, 0.1) is 18.1 Å². The van der Waals surface area contributed by atoms with Crippen molar-refractivity contribution < 1.29 is 19.0 Å². The zero-order valence-electron chi connectivity index (χ0n) is 14.4. The molecule has 0 amide bonds. The number of rotatable bonds is 2. The van der Waals surface area contributed by atoms with E-state index in [0.29, 0.717) is 12.2 Å². The zero-order valence-corrected chi connectivity index (χ0v) is 14.4. The molecular formula is C19H23NO4. The number of benzene rings is 1. The molecule has 1 saturated carbocycles. The summed E-state index contributed by atoms with van der Waals surface area (Å²) >= 11 is 0. The van der Waals surface area contributed by atoms with Gasteiger partial charge in [-0.15, -0.1) is 0 Å². The summed E-state index contributed by atoms with van der Waals surface area (Å²) in [5.41, 5.74) is 0.704. The van der Waals surface area contributed by atoms with Gasteiger partial charge in [-0.1, -0.05) is 6.07 Å². The third kappa shape index (κ3) is 1.25. The van der Waals surface area contributed by atoms with E-state index in [-0.39, 0.29) is 11.8 Å². The molecular weight excluding hydrogens is 306 g/mol. The van der Waals surface area contributed by atoms with Crippen LogP contribution in [0.3, 0.4) is 0 Å². The number of Topliss-reactive ketones (excluding diaryl/α,β-unsaturated/α-hetero) is 1. The van der Waals surface area contributed by atoms with Crippen molar-refractivity contribution in [3.63, 3.8) is 0 Å². The third-order valence-electron chi connectivity index (χ3n) is 7.20. The number of ketones is 1. The molecule has 128 valence electrons. The van der Waals surface area contributed by atoms with E-state index in [1.807, 2.05) is 13.0 Å². The Balaban J connectivity index is 1.91. The van der Waals surface area contributed by atoms with Crippen molar-refractivity contribution in [3.8, 4) is 11.5 Å². The summed E-state index contributed by atoms with van der Waals surface area (Å²) in [5, 5.41) is 3.66. The number of carbonyl (C=O) groups excluding carboxylic acids is 1. The largest absolute Gasteiger partial charge is 0.493 e. The van der Waals surface area contributed by atoms with Gasteiger partial charge in [-0.2, -0.15) is 0 Å². The molecule has 1 N–H and O–H groups in total. The van der Waals surface area contributed by atoms with Crippen molar-refractivity contribution in [2.24, 2.45) is 0 Å². The van der Waals surface area contributed by atoms with Gasteiger partial charge < -0.3 is 19.5 Å². The van der Waals surface area contributed by atoms with Gasteiger partial charge in [0.1, 0.15) is 0 Å². The van der Waals surface area contributed by atoms with E-state index in [9.17, 15) is 4.79 Å². The van der Waals surface area contributed by atoms with Crippen LogP contribution in [0, 0.1) is 0 Å². The highest BCUT2D eigenvalue weighted by molar-refractivity contribution is 5.94. The molecule has 4 atom stereocenters. The maximum absolute atomic E-state index is 13.1. The topological polar surface area (TPSA) is 56.8 Å². The standard InChI is InChI=1S/C19H23NO4/c1-17-14(21)6-7-19(23-3)13-10-11-4-5-12(22-2)16(24-17)15(11)18(17,19)8-9-20-13/h4-5,13,20H,6-10H2,1-3H3/t13-,17+,18+,19?/m1/s1. The maximum atomic E-state index is 13.1. The second-order valence-electron chi connectivity index (χ2n) is 7.65. The molecule has 5 heteroatoms. The molecule has 1 aromatic carbocycles. The molecule has 2 aliphatic heterocycles. The van der Waals surface area contributed by atoms with Crippen molar-refractivity contribution in [2.45, 2.75) is 55.3 Å². The van der Waals surface area contributed by atoms with Gasteiger partial charge in [-0.05, 0) is 44.4 Å². The lowest BCUT2D eigenvalue weighted by Gasteiger charge is -2.64. The smallest absolute Gasteiger partial charge is 0.177 e. The number of piperidine rings is 1. The Morgan fingerprint density at radius 1 is 1.29 bits per heavy atom. The van der Waals surface area contributed by atoms with Crippen LogP contribution in [0.25, 0.3) is 0 Å². The Morgan fingerprint density at radius 3 is 2.88 bits per heavy atom. The van der Waals surface area contributed by atoms with Crippen molar-refractivity contribution in [1.29, 1.82) is 0 Å². The minimum atomic E-state index is -0.881. The Bertz CT molecular complexity index is 762. The first-order valence-corrected chi connectivity index (χ1v) is 8.75. The first-order valence-electron chi connectivity index (χ1n) is 8.75. The molecule has 0 aromatic heterocycles. The van der Waals surface area contributed by atoms with Gasteiger partial charge in [0.2, 0.25) is 0 Å². The van der Waals surface area contributed by atoms with Crippen LogP contribution < -0.4 is 14.8 Å². The average molecular weight is 329 g/mol. The van der Waals surface area contributed by atoms with Gasteiger partial charge in [0.15, 0.2) is 22.9 Å². The number of methoxy groups -OCH3 is 2. The Labute approximate surface area is 141 Å². The molecule has 0 radical (unpaired) electrons. The number of carbonyl (C=O) groups is 1. The van der Waals surface area contributed by atoms with Gasteiger partial charge in [-0.3, -0.25) is 4.79 Å². The molecule has 2 bridgehead atoms. The number of ether oxygens (including phenoxy) is 3. The molecule has 1 aromatic rings. The van der Waals surface area contributed by atoms with Crippen LogP contribution in [0.4, 0.5) is 0 Å². The monoisotopic (exact) mass is 329 g/mol. The minimum Gasteiger partial charge on any atom is -0.493 e. The normalized spacial score (nSPS) is 41.6. The van der Waals surface area contributed by atoms with E-state index < -0.39 is 16.6 Å². The molecule has 4 aliphatic rings. The second kappa shape index (κ2) is 4.33. The second-order valence-corrected chi connectivity index (χ2v) is 7.65. The summed E-state index contributed by atoms with van der Waals surface area (Å²) in [7, 11) is 3.45. The lowest BCUT2D eigenvalue weighted by molar-refractivity contribution is -0.199. The minimum absolute atomic E-state index is 0.182. The van der Waals surface area contributed by atoms with Crippen molar-refractivity contribution in [1.82, 2.24) is 5.32 Å². The van der Waals surface area contributed by atoms with E-state index in [1.54, 1.807) is 14.2 Å². The predicted octanol–water partition coefficient (Wildman–Crippen LogP) is 1.75. The van der Waals surface area contributed by atoms with Crippen LogP contribution in [0.2, 0.25) is 0 Å². The number of nitrogens with one attached hydrogen (secondary N) is 1. The lowest BCUT2D eigenvalue weighted by atomic mass is 9.45. The van der Waals surface area contributed by atoms with E-state index in [4.69, 9.17) is 14.2 Å². The Hall–Kier alpha value is -1.59. The van der Waals surface area contributed by atoms with E-state index in [1.165, 1.54) is 5.56 Å². The highest BCUT2D eigenvalue weighted by Gasteiger charge is 2.77. The molecule has 2 heterocycles. The molecule has 2 aliphatic carbocycles. The highest BCUT2D eigenvalue weighted by Crippen LogP contribution is 2.68. The quantitative estimate of drug-likeness (QED) is 0.896. The zero-order chi connectivity index (χ0) is 16.7. The first kappa shape index (κ1) is 14.7. The fraction of sp³-hybridized carbons (Fsp3) is 0.632. The molecule has 1 unspecified atom stereocenters. The van der Waals surface area contributed by atoms with Gasteiger partial charge in [0.25, 0.3) is 0 Å². The molecule has 1 spiro atoms. The van der Waals surface area contributed by atoms with Gasteiger partial charge in [0, 0.05) is 25.1 Å². The highest BCUT2D eigenvalue weighted by atomic mass is 16.5. The molecule has 1 saturated heterocycles. The fourth-order valence-electron chi connectivity index (χ4n) is 6.22. The van der Waals surface area contributed by atoms with Crippen LogP contribution in [-0.2, 0) is 21.4 Å². The van der Waals surface area contributed by atoms with Crippen LogP contribution in [0.15, 0.2) is 12.1 Å². The summed E-state index contributed by atoms with van der Waals surface area (Å²) in [5.74, 6) is 1.66. The average Bonchev–Trinajstić information content (AvgIpc) is 2.85. The SMILES string of the molecule is COc1ccc2c3c1O[C@@]1(C)C(=O)CCC4(OC)[C@@H](C2)NCC[C@@]341. The number of hydrogen-bond acceptors (Lipinski definition) is 5. The Kier molecular flexibility index (Phi) is 2.65. The molecule has 5 nitrogen and oxygen atoms in total. The predicted molar refractivity (Wildman–Crippen MR) is 87.8 cm³/mol. The molecule has 24 heavy (non-hydrogen) atoms. The van der Waals surface area contributed by atoms with Crippen LogP contribution in [-0.4, -0.2) is 43.8 Å². The van der Waals surface area contributed by atoms with Crippen LogP contribution >= 0.6 is 0 Å². The lowest BCUT2D eigenvalue weighted by Crippen LogP contribution is -2.80. The molecule has 5 rings (SSSR count). The number of hydrogen-bond donors (Lipinski definition) is 1. The third-order valence-corrected chi connectivity index (χ3v) is 7.20. The summed E-state index contributed by atoms with van der Waals surface area (Å²) in [6.07, 6.45) is 2.98. The Morgan fingerprint density at radius 2 is 2.12 bits per heavy atom. The maximum Gasteiger partial charge on any atom is 0.177 e. The van der Waals surface area contributed by atoms with Crippen LogP contribution in [0.5, 0.6) is 11.5 Å². The van der Waals surface area contributed by atoms with E-state index in [2.05, 4.69) is 11.4 Å². The molecule has 2 fully saturated rings. The van der Waals surface area contributed by atoms with Crippen LogP contribution in [0.1, 0.15) is 37.3 Å².